The zero-order valence-corrected chi connectivity index (χ0v) is 16.7. The number of pyridine rings is 1. The van der Waals surface area contributed by atoms with Gasteiger partial charge in [0, 0.05) is 6.20 Å². The second kappa shape index (κ2) is 9.97. The molecule has 0 fully saturated rings. The van der Waals surface area contributed by atoms with Crippen molar-refractivity contribution in [1.82, 2.24) is 10.3 Å². The van der Waals surface area contributed by atoms with Crippen LogP contribution in [0.4, 0.5) is 13.2 Å². The minimum Gasteiger partial charge on any atom is -0.487 e. The molecule has 8 heteroatoms. The smallest absolute Gasteiger partial charge is 0.416 e. The largest absolute Gasteiger partial charge is 0.487 e. The van der Waals surface area contributed by atoms with Crippen molar-refractivity contribution in [3.63, 3.8) is 0 Å². The Hall–Kier alpha value is -3.55. The van der Waals surface area contributed by atoms with Gasteiger partial charge < -0.3 is 14.8 Å². The van der Waals surface area contributed by atoms with E-state index in [0.29, 0.717) is 12.4 Å². The molecule has 0 spiro atoms. The third kappa shape index (κ3) is 6.74. The minimum atomic E-state index is -4.42. The highest BCUT2D eigenvalue weighted by molar-refractivity contribution is 5.78. The van der Waals surface area contributed by atoms with Crippen LogP contribution < -0.4 is 14.8 Å². The molecule has 0 aliphatic rings. The van der Waals surface area contributed by atoms with E-state index >= 15 is 0 Å². The molecule has 0 saturated heterocycles. The van der Waals surface area contributed by atoms with Crippen molar-refractivity contribution in [2.45, 2.75) is 25.7 Å². The zero-order valence-electron chi connectivity index (χ0n) is 16.7. The van der Waals surface area contributed by atoms with Crippen LogP contribution in [-0.4, -0.2) is 17.5 Å². The van der Waals surface area contributed by atoms with Crippen molar-refractivity contribution >= 4 is 5.91 Å². The van der Waals surface area contributed by atoms with E-state index in [1.165, 1.54) is 12.1 Å². The van der Waals surface area contributed by atoms with Gasteiger partial charge in [-0.1, -0.05) is 18.2 Å². The van der Waals surface area contributed by atoms with Gasteiger partial charge in [0.15, 0.2) is 6.61 Å². The summed E-state index contributed by atoms with van der Waals surface area (Å²) in [5.41, 5.74) is 0.860. The lowest BCUT2D eigenvalue weighted by Crippen LogP contribution is -2.31. The van der Waals surface area contributed by atoms with E-state index in [1.807, 2.05) is 49.4 Å². The maximum Gasteiger partial charge on any atom is 0.416 e. The Morgan fingerprint density at radius 1 is 1.00 bits per heavy atom. The van der Waals surface area contributed by atoms with Crippen LogP contribution in [0.25, 0.3) is 0 Å². The highest BCUT2D eigenvalue weighted by Crippen LogP contribution is 2.30. The fourth-order valence-corrected chi connectivity index (χ4v) is 2.77. The molecule has 0 bridgehead atoms. The Morgan fingerprint density at radius 3 is 2.45 bits per heavy atom. The Bertz CT molecular complexity index is 993. The van der Waals surface area contributed by atoms with Crippen molar-refractivity contribution in [3.8, 4) is 11.5 Å². The molecule has 0 aliphatic heterocycles. The summed E-state index contributed by atoms with van der Waals surface area (Å²) in [5.74, 6) is 0.429. The average molecular weight is 430 g/mol. The number of alkyl halides is 3. The van der Waals surface area contributed by atoms with Gasteiger partial charge in [-0.2, -0.15) is 13.2 Å². The Morgan fingerprint density at radius 2 is 1.77 bits per heavy atom. The predicted octanol–water partition coefficient (Wildman–Crippen LogP) is 4.94. The normalized spacial score (nSPS) is 12.1. The molecule has 2 aromatic carbocycles. The molecule has 162 valence electrons. The lowest BCUT2D eigenvalue weighted by atomic mass is 10.1. The van der Waals surface area contributed by atoms with Gasteiger partial charge in [0.25, 0.3) is 5.91 Å². The lowest BCUT2D eigenvalue weighted by molar-refractivity contribution is -0.137. The summed E-state index contributed by atoms with van der Waals surface area (Å²) < 4.78 is 48.8. The molecule has 1 amide bonds. The number of ether oxygens (including phenoxy) is 2. The van der Waals surface area contributed by atoms with Crippen LogP contribution in [0.2, 0.25) is 0 Å². The minimum absolute atomic E-state index is 0.181. The zero-order chi connectivity index (χ0) is 22.3. The van der Waals surface area contributed by atoms with E-state index < -0.39 is 17.6 Å². The number of benzene rings is 2. The van der Waals surface area contributed by atoms with E-state index in [-0.39, 0.29) is 18.4 Å². The molecule has 1 atom stereocenters. The van der Waals surface area contributed by atoms with Crippen LogP contribution in [0.5, 0.6) is 11.5 Å². The van der Waals surface area contributed by atoms with Gasteiger partial charge in [0.05, 0.1) is 17.3 Å². The number of hydrogen-bond acceptors (Lipinski definition) is 4. The van der Waals surface area contributed by atoms with Gasteiger partial charge in [0.1, 0.15) is 18.1 Å². The summed E-state index contributed by atoms with van der Waals surface area (Å²) in [7, 11) is 0. The van der Waals surface area contributed by atoms with E-state index in [0.717, 1.165) is 23.4 Å². The van der Waals surface area contributed by atoms with Crippen molar-refractivity contribution in [3.05, 3.63) is 89.7 Å². The second-order valence-corrected chi connectivity index (χ2v) is 6.78. The number of hydrogen-bond donors (Lipinski definition) is 1. The summed E-state index contributed by atoms with van der Waals surface area (Å²) >= 11 is 0. The molecule has 1 aromatic heterocycles. The third-order valence-corrected chi connectivity index (χ3v) is 4.40. The molecular weight excluding hydrogens is 409 g/mol. The number of amides is 1. The van der Waals surface area contributed by atoms with Gasteiger partial charge in [-0.25, -0.2) is 0 Å². The van der Waals surface area contributed by atoms with Crippen molar-refractivity contribution in [2.24, 2.45) is 0 Å². The van der Waals surface area contributed by atoms with Crippen LogP contribution in [0.1, 0.15) is 29.8 Å². The monoisotopic (exact) mass is 430 g/mol. The molecule has 3 rings (SSSR count). The van der Waals surface area contributed by atoms with Crippen LogP contribution >= 0.6 is 0 Å². The van der Waals surface area contributed by atoms with E-state index in [1.54, 1.807) is 6.20 Å². The molecule has 0 radical (unpaired) electrons. The highest BCUT2D eigenvalue weighted by Gasteiger charge is 2.30. The van der Waals surface area contributed by atoms with Crippen LogP contribution in [0, 0.1) is 0 Å². The van der Waals surface area contributed by atoms with Crippen molar-refractivity contribution in [1.29, 1.82) is 0 Å². The highest BCUT2D eigenvalue weighted by atomic mass is 19.4. The molecule has 5 nitrogen and oxygen atoms in total. The van der Waals surface area contributed by atoms with Crippen LogP contribution in [0.15, 0.2) is 72.9 Å². The summed E-state index contributed by atoms with van der Waals surface area (Å²) in [6.07, 6.45) is -2.72. The summed E-state index contributed by atoms with van der Waals surface area (Å²) in [6.45, 7) is 1.82. The molecule has 3 aromatic rings. The van der Waals surface area contributed by atoms with Crippen LogP contribution in [0.3, 0.4) is 0 Å². The SMILES string of the molecule is CC(NC(=O)COc1ccc(C(F)(F)F)cc1)c1cccc(OCc2ccccn2)c1. The molecule has 0 aliphatic carbocycles. The molecule has 0 saturated carbocycles. The van der Waals surface area contributed by atoms with Gasteiger partial charge in [-0.15, -0.1) is 0 Å². The first-order valence-electron chi connectivity index (χ1n) is 9.53. The molecule has 1 N–H and O–H groups in total. The number of rotatable bonds is 8. The van der Waals surface area contributed by atoms with Crippen molar-refractivity contribution in [2.75, 3.05) is 6.61 Å². The first kappa shape index (κ1) is 22.1. The first-order valence-corrected chi connectivity index (χ1v) is 9.53. The maximum absolute atomic E-state index is 12.6. The first-order chi connectivity index (χ1) is 14.8. The van der Waals surface area contributed by atoms with Crippen LogP contribution in [-0.2, 0) is 17.6 Å². The summed E-state index contributed by atoms with van der Waals surface area (Å²) in [5, 5.41) is 2.79. The average Bonchev–Trinajstić information content (AvgIpc) is 2.77. The van der Waals surface area contributed by atoms with Crippen molar-refractivity contribution < 1.29 is 27.4 Å². The van der Waals surface area contributed by atoms with E-state index in [4.69, 9.17) is 9.47 Å². The number of carbonyl (C=O) groups excluding carboxylic acids is 1. The number of aromatic nitrogens is 1. The fraction of sp³-hybridized carbons (Fsp3) is 0.217. The predicted molar refractivity (Wildman–Crippen MR) is 109 cm³/mol. The molecule has 31 heavy (non-hydrogen) atoms. The van der Waals surface area contributed by atoms with E-state index in [2.05, 4.69) is 10.3 Å². The number of nitrogens with zero attached hydrogens (tertiary/aromatic N) is 1. The molecule has 1 unspecified atom stereocenters. The standard InChI is InChI=1S/C23H21F3N2O3/c1-16(17-5-4-7-21(13-17)30-14-19-6-2-3-12-27-19)28-22(29)15-31-20-10-8-18(9-11-20)23(24,25)26/h2-13,16H,14-15H2,1H3,(H,28,29). The van der Waals surface area contributed by atoms with E-state index in [9.17, 15) is 18.0 Å². The quantitative estimate of drug-likeness (QED) is 0.550. The summed E-state index contributed by atoms with van der Waals surface area (Å²) in [4.78, 5) is 16.4. The number of carbonyl (C=O) groups is 1. The Kier molecular flexibility index (Phi) is 7.12. The molecular formula is C23H21F3N2O3. The Labute approximate surface area is 177 Å². The maximum atomic E-state index is 12.6. The lowest BCUT2D eigenvalue weighted by Gasteiger charge is -2.16. The second-order valence-electron chi connectivity index (χ2n) is 6.78. The topological polar surface area (TPSA) is 60.5 Å². The van der Waals surface area contributed by atoms with Gasteiger partial charge in [-0.05, 0) is 61.0 Å². The molecule has 1 heterocycles. The van der Waals surface area contributed by atoms with Gasteiger partial charge >= 0.3 is 6.18 Å². The summed E-state index contributed by atoms with van der Waals surface area (Å²) in [6, 6.07) is 16.8. The van der Waals surface area contributed by atoms with Gasteiger partial charge in [0.2, 0.25) is 0 Å². The Balaban J connectivity index is 1.50. The number of halogens is 3. The fourth-order valence-electron chi connectivity index (χ4n) is 2.77. The number of nitrogens with one attached hydrogen (secondary N) is 1. The third-order valence-electron chi connectivity index (χ3n) is 4.40. The van der Waals surface area contributed by atoms with Gasteiger partial charge in [-0.3, -0.25) is 9.78 Å².